The van der Waals surface area contributed by atoms with Gasteiger partial charge >= 0.3 is 6.03 Å². The Morgan fingerprint density at radius 1 is 1.19 bits per heavy atom. The van der Waals surface area contributed by atoms with Gasteiger partial charge < -0.3 is 19.9 Å². The lowest BCUT2D eigenvalue weighted by Gasteiger charge is -2.38. The van der Waals surface area contributed by atoms with Crippen LogP contribution in [0.3, 0.4) is 0 Å². The van der Waals surface area contributed by atoms with Crippen molar-refractivity contribution < 1.29 is 14.3 Å². The summed E-state index contributed by atoms with van der Waals surface area (Å²) in [5.74, 6) is 0.149. The molecule has 0 radical (unpaired) electrons. The van der Waals surface area contributed by atoms with Crippen LogP contribution in [-0.4, -0.2) is 77.6 Å². The largest absolute Gasteiger partial charge is 0.381 e. The van der Waals surface area contributed by atoms with E-state index in [4.69, 9.17) is 4.74 Å². The Morgan fingerprint density at radius 3 is 2.67 bits per heavy atom. The Kier molecular flexibility index (Phi) is 5.24. The van der Waals surface area contributed by atoms with Crippen molar-refractivity contribution in [1.29, 1.82) is 0 Å². The number of urea groups is 1. The molecule has 1 N–H and O–H groups in total. The van der Waals surface area contributed by atoms with E-state index < -0.39 is 0 Å². The van der Waals surface area contributed by atoms with Crippen LogP contribution in [0.4, 0.5) is 4.79 Å². The topological polar surface area (TPSA) is 87.7 Å². The van der Waals surface area contributed by atoms with E-state index in [9.17, 15) is 9.59 Å². The number of carbonyl (C=O) groups is 2. The van der Waals surface area contributed by atoms with Crippen LogP contribution in [0.2, 0.25) is 0 Å². The van der Waals surface area contributed by atoms with E-state index in [-0.39, 0.29) is 23.3 Å². The number of amides is 3. The molecular weight excluding hydrogens is 346 g/mol. The van der Waals surface area contributed by atoms with Gasteiger partial charge in [-0.1, -0.05) is 0 Å². The van der Waals surface area contributed by atoms with Crippen molar-refractivity contribution in [1.82, 2.24) is 25.1 Å². The molecule has 1 atom stereocenters. The molecule has 0 aliphatic carbocycles. The number of hydrogen-bond acceptors (Lipinski definition) is 5. The van der Waals surface area contributed by atoms with Crippen molar-refractivity contribution in [3.05, 3.63) is 24.3 Å². The summed E-state index contributed by atoms with van der Waals surface area (Å²) in [6.45, 7) is 5.03. The maximum absolute atomic E-state index is 12.9. The number of nitrogens with one attached hydrogen (secondary N) is 1. The molecule has 1 aromatic heterocycles. The molecule has 1 unspecified atom stereocenters. The first-order valence-electron chi connectivity index (χ1n) is 9.84. The average molecular weight is 373 g/mol. The third kappa shape index (κ3) is 3.76. The number of rotatable bonds is 3. The van der Waals surface area contributed by atoms with Gasteiger partial charge in [0.1, 0.15) is 5.69 Å². The third-order valence-corrected chi connectivity index (χ3v) is 6.26. The highest BCUT2D eigenvalue weighted by Gasteiger charge is 2.48. The van der Waals surface area contributed by atoms with E-state index in [1.54, 1.807) is 12.4 Å². The second-order valence-electron chi connectivity index (χ2n) is 7.83. The molecule has 0 aromatic carbocycles. The van der Waals surface area contributed by atoms with Gasteiger partial charge in [0.2, 0.25) is 0 Å². The fourth-order valence-corrected chi connectivity index (χ4v) is 4.63. The van der Waals surface area contributed by atoms with Crippen LogP contribution >= 0.6 is 0 Å². The minimum Gasteiger partial charge on any atom is -0.381 e. The van der Waals surface area contributed by atoms with E-state index in [1.165, 1.54) is 6.20 Å². The standard InChI is InChI=1S/C19H27N5O3/c25-17(16-12-20-5-6-21-16)24-13-15(19(14-24)3-9-27-10-4-19)11-22-18(26)23-7-1-2-8-23/h5-6,12,15H,1-4,7-11,13-14H2,(H,22,26). The number of likely N-dealkylation sites (tertiary alicyclic amines) is 2. The number of hydrogen-bond donors (Lipinski definition) is 1. The van der Waals surface area contributed by atoms with Gasteiger partial charge in [-0.25, -0.2) is 9.78 Å². The molecule has 8 nitrogen and oxygen atoms in total. The van der Waals surface area contributed by atoms with Crippen LogP contribution < -0.4 is 5.32 Å². The molecule has 27 heavy (non-hydrogen) atoms. The molecule has 3 aliphatic heterocycles. The van der Waals surface area contributed by atoms with Crippen LogP contribution in [0.15, 0.2) is 18.6 Å². The number of carbonyl (C=O) groups excluding carboxylic acids is 2. The highest BCUT2D eigenvalue weighted by molar-refractivity contribution is 5.92. The van der Waals surface area contributed by atoms with Crippen molar-refractivity contribution in [3.8, 4) is 0 Å². The van der Waals surface area contributed by atoms with E-state index in [1.807, 2.05) is 9.80 Å². The van der Waals surface area contributed by atoms with Crippen LogP contribution in [0.1, 0.15) is 36.2 Å². The normalized spacial score (nSPS) is 24.4. The lowest BCUT2D eigenvalue weighted by Crippen LogP contribution is -2.45. The summed E-state index contributed by atoms with van der Waals surface area (Å²) in [4.78, 5) is 37.2. The fraction of sp³-hybridized carbons (Fsp3) is 0.684. The number of nitrogens with zero attached hydrogens (tertiary/aromatic N) is 4. The average Bonchev–Trinajstić information content (AvgIpc) is 3.36. The molecule has 3 amide bonds. The summed E-state index contributed by atoms with van der Waals surface area (Å²) in [7, 11) is 0. The predicted octanol–water partition coefficient (Wildman–Crippen LogP) is 1.15. The molecule has 0 bridgehead atoms. The van der Waals surface area contributed by atoms with Crippen molar-refractivity contribution in [2.24, 2.45) is 11.3 Å². The van der Waals surface area contributed by atoms with E-state index in [0.717, 1.165) is 38.8 Å². The van der Waals surface area contributed by atoms with Crippen LogP contribution in [0, 0.1) is 11.3 Å². The molecule has 3 saturated heterocycles. The molecule has 4 rings (SSSR count). The molecule has 4 heterocycles. The zero-order valence-corrected chi connectivity index (χ0v) is 15.6. The van der Waals surface area contributed by atoms with Crippen molar-refractivity contribution in [2.75, 3.05) is 45.9 Å². The smallest absolute Gasteiger partial charge is 0.317 e. The SMILES string of the molecule is O=C(NCC1CN(C(=O)c2cnccn2)CC12CCOCC2)N1CCCC1. The Bertz CT molecular complexity index is 671. The zero-order chi connectivity index (χ0) is 18.7. The zero-order valence-electron chi connectivity index (χ0n) is 15.6. The highest BCUT2D eigenvalue weighted by atomic mass is 16.5. The first kappa shape index (κ1) is 18.2. The van der Waals surface area contributed by atoms with Gasteiger partial charge in [-0.15, -0.1) is 0 Å². The van der Waals surface area contributed by atoms with Gasteiger partial charge in [0.15, 0.2) is 0 Å². The lowest BCUT2D eigenvalue weighted by atomic mass is 9.72. The fourth-order valence-electron chi connectivity index (χ4n) is 4.63. The first-order valence-corrected chi connectivity index (χ1v) is 9.84. The van der Waals surface area contributed by atoms with Crippen molar-refractivity contribution in [2.45, 2.75) is 25.7 Å². The summed E-state index contributed by atoms with van der Waals surface area (Å²) < 4.78 is 5.57. The molecule has 8 heteroatoms. The lowest BCUT2D eigenvalue weighted by molar-refractivity contribution is 0.000256. The molecule has 146 valence electrons. The second-order valence-corrected chi connectivity index (χ2v) is 7.83. The predicted molar refractivity (Wildman–Crippen MR) is 98.1 cm³/mol. The summed E-state index contributed by atoms with van der Waals surface area (Å²) in [6, 6.07) is 0.0217. The molecular formula is C19H27N5O3. The van der Waals surface area contributed by atoms with E-state index in [2.05, 4.69) is 15.3 Å². The monoisotopic (exact) mass is 373 g/mol. The van der Waals surface area contributed by atoms with Gasteiger partial charge in [0.05, 0.1) is 6.20 Å². The summed E-state index contributed by atoms with van der Waals surface area (Å²) >= 11 is 0. The van der Waals surface area contributed by atoms with Crippen molar-refractivity contribution in [3.63, 3.8) is 0 Å². The summed E-state index contributed by atoms with van der Waals surface area (Å²) in [5, 5.41) is 3.12. The van der Waals surface area contributed by atoms with Gasteiger partial charge in [0.25, 0.3) is 5.91 Å². The van der Waals surface area contributed by atoms with Crippen molar-refractivity contribution >= 4 is 11.9 Å². The van der Waals surface area contributed by atoms with E-state index >= 15 is 0 Å². The Labute approximate surface area is 159 Å². The molecule has 0 saturated carbocycles. The Balaban J connectivity index is 1.45. The minimum absolute atomic E-state index is 0.00834. The summed E-state index contributed by atoms with van der Waals surface area (Å²) in [5.41, 5.74) is 0.385. The first-order chi connectivity index (χ1) is 13.2. The second kappa shape index (κ2) is 7.80. The Hall–Kier alpha value is -2.22. The maximum atomic E-state index is 12.9. The van der Waals surface area contributed by atoms with E-state index in [0.29, 0.717) is 38.5 Å². The quantitative estimate of drug-likeness (QED) is 0.859. The van der Waals surface area contributed by atoms with Gasteiger partial charge in [-0.2, -0.15) is 0 Å². The van der Waals surface area contributed by atoms with Crippen LogP contribution in [0.25, 0.3) is 0 Å². The molecule has 1 spiro atoms. The maximum Gasteiger partial charge on any atom is 0.317 e. The van der Waals surface area contributed by atoms with Gasteiger partial charge in [0, 0.05) is 64.2 Å². The molecule has 3 fully saturated rings. The van der Waals surface area contributed by atoms with Gasteiger partial charge in [-0.05, 0) is 31.1 Å². The van der Waals surface area contributed by atoms with Crippen LogP contribution in [-0.2, 0) is 4.74 Å². The summed E-state index contributed by atoms with van der Waals surface area (Å²) in [6.07, 6.45) is 8.63. The van der Waals surface area contributed by atoms with Gasteiger partial charge in [-0.3, -0.25) is 9.78 Å². The molecule has 1 aromatic rings. The number of aromatic nitrogens is 2. The third-order valence-electron chi connectivity index (χ3n) is 6.26. The Morgan fingerprint density at radius 2 is 1.96 bits per heavy atom. The number of ether oxygens (including phenoxy) is 1. The van der Waals surface area contributed by atoms with Crippen LogP contribution in [0.5, 0.6) is 0 Å². The molecule has 3 aliphatic rings. The minimum atomic E-state index is -0.0812. The highest BCUT2D eigenvalue weighted by Crippen LogP contribution is 2.44.